The van der Waals surface area contributed by atoms with Gasteiger partial charge in [-0.3, -0.25) is 9.78 Å². The van der Waals surface area contributed by atoms with Gasteiger partial charge in [-0.05, 0) is 48.4 Å². The van der Waals surface area contributed by atoms with Crippen molar-refractivity contribution < 1.29 is 4.79 Å². The van der Waals surface area contributed by atoms with Crippen LogP contribution in [0.1, 0.15) is 21.6 Å². The van der Waals surface area contributed by atoms with E-state index < -0.39 is 0 Å². The Morgan fingerprint density at radius 3 is 2.86 bits per heavy atom. The van der Waals surface area contributed by atoms with E-state index in [2.05, 4.69) is 38.8 Å². The van der Waals surface area contributed by atoms with Gasteiger partial charge in [-0.25, -0.2) is 0 Å². The number of amides is 1. The first-order chi connectivity index (χ1) is 14.2. The van der Waals surface area contributed by atoms with Crippen molar-refractivity contribution in [3.05, 3.63) is 89.9 Å². The van der Waals surface area contributed by atoms with Crippen LogP contribution in [0, 0.1) is 11.3 Å². The van der Waals surface area contributed by atoms with E-state index in [0.717, 1.165) is 24.2 Å². The molecule has 2 heterocycles. The summed E-state index contributed by atoms with van der Waals surface area (Å²) in [5.74, 6) is -0.319. The van der Waals surface area contributed by atoms with Crippen LogP contribution < -0.4 is 10.6 Å². The highest BCUT2D eigenvalue weighted by molar-refractivity contribution is 6.03. The molecule has 0 radical (unpaired) electrons. The SMILES string of the molecule is N#Cc1cccc(NC(=O)c2cc(NCCc3c[nH]c4ccccc34)ccn2)c1. The van der Waals surface area contributed by atoms with Crippen molar-refractivity contribution in [1.82, 2.24) is 9.97 Å². The standard InChI is InChI=1S/C23H19N5O/c24-14-16-4-3-5-19(12-16)28-23(29)22-13-18(9-11-26-22)25-10-8-17-15-27-21-7-2-1-6-20(17)21/h1-7,9,11-13,15,27H,8,10H2,(H,25,26)(H,28,29). The Labute approximate surface area is 168 Å². The molecule has 142 valence electrons. The van der Waals surface area contributed by atoms with Gasteiger partial charge in [-0.2, -0.15) is 5.26 Å². The third-order valence-electron chi connectivity index (χ3n) is 4.64. The van der Waals surface area contributed by atoms with E-state index in [4.69, 9.17) is 5.26 Å². The molecule has 0 aliphatic heterocycles. The van der Waals surface area contributed by atoms with Crippen molar-refractivity contribution in [3.8, 4) is 6.07 Å². The number of H-pyrrole nitrogens is 1. The maximum Gasteiger partial charge on any atom is 0.274 e. The lowest BCUT2D eigenvalue weighted by Crippen LogP contribution is -2.14. The minimum Gasteiger partial charge on any atom is -0.385 e. The molecule has 0 saturated carbocycles. The fourth-order valence-corrected chi connectivity index (χ4v) is 3.21. The van der Waals surface area contributed by atoms with Crippen molar-refractivity contribution in [2.45, 2.75) is 6.42 Å². The van der Waals surface area contributed by atoms with Crippen LogP contribution in [0.4, 0.5) is 11.4 Å². The summed E-state index contributed by atoms with van der Waals surface area (Å²) in [5, 5.41) is 16.3. The monoisotopic (exact) mass is 381 g/mol. The van der Waals surface area contributed by atoms with E-state index in [0.29, 0.717) is 16.9 Å². The van der Waals surface area contributed by atoms with Crippen LogP contribution in [0.25, 0.3) is 10.9 Å². The van der Waals surface area contributed by atoms with Crippen LogP contribution in [-0.4, -0.2) is 22.4 Å². The molecule has 0 bridgehead atoms. The zero-order chi connectivity index (χ0) is 20.1. The van der Waals surface area contributed by atoms with Crippen LogP contribution in [0.5, 0.6) is 0 Å². The van der Waals surface area contributed by atoms with E-state index in [-0.39, 0.29) is 5.91 Å². The average Bonchev–Trinajstić information content (AvgIpc) is 3.17. The molecular formula is C23H19N5O. The van der Waals surface area contributed by atoms with Crippen molar-refractivity contribution >= 4 is 28.2 Å². The first-order valence-corrected chi connectivity index (χ1v) is 9.29. The Bertz CT molecular complexity index is 1210. The highest BCUT2D eigenvalue weighted by atomic mass is 16.1. The lowest BCUT2D eigenvalue weighted by atomic mass is 10.1. The summed E-state index contributed by atoms with van der Waals surface area (Å²) < 4.78 is 0. The number of nitrogens with one attached hydrogen (secondary N) is 3. The topological polar surface area (TPSA) is 93.6 Å². The van der Waals surface area contributed by atoms with E-state index >= 15 is 0 Å². The van der Waals surface area contributed by atoms with Gasteiger partial charge in [0, 0.05) is 41.2 Å². The molecular weight excluding hydrogens is 362 g/mol. The van der Waals surface area contributed by atoms with Gasteiger partial charge in [0.05, 0.1) is 11.6 Å². The van der Waals surface area contributed by atoms with E-state index in [1.54, 1.807) is 36.5 Å². The number of hydrogen-bond acceptors (Lipinski definition) is 4. The van der Waals surface area contributed by atoms with Gasteiger partial charge in [-0.15, -0.1) is 0 Å². The first kappa shape index (κ1) is 18.3. The molecule has 4 rings (SSSR count). The third-order valence-corrected chi connectivity index (χ3v) is 4.64. The van der Waals surface area contributed by atoms with Crippen molar-refractivity contribution in [2.24, 2.45) is 0 Å². The predicted octanol–water partition coefficient (Wildman–Crippen LogP) is 4.34. The smallest absolute Gasteiger partial charge is 0.274 e. The number of benzene rings is 2. The molecule has 0 fully saturated rings. The van der Waals surface area contributed by atoms with E-state index in [9.17, 15) is 4.79 Å². The number of anilines is 2. The van der Waals surface area contributed by atoms with Gasteiger partial charge in [0.2, 0.25) is 0 Å². The molecule has 0 aliphatic carbocycles. The molecule has 3 N–H and O–H groups in total. The lowest BCUT2D eigenvalue weighted by Gasteiger charge is -2.09. The number of carbonyl (C=O) groups excluding carboxylic acids is 1. The molecule has 0 saturated heterocycles. The predicted molar refractivity (Wildman–Crippen MR) is 114 cm³/mol. The highest BCUT2D eigenvalue weighted by Crippen LogP contribution is 2.18. The van der Waals surface area contributed by atoms with Crippen LogP contribution >= 0.6 is 0 Å². The third kappa shape index (κ3) is 4.25. The largest absolute Gasteiger partial charge is 0.385 e. The molecule has 6 nitrogen and oxygen atoms in total. The maximum absolute atomic E-state index is 12.5. The molecule has 2 aromatic heterocycles. The average molecular weight is 381 g/mol. The fraction of sp³-hybridized carbons (Fsp3) is 0.0870. The van der Waals surface area contributed by atoms with Gasteiger partial charge < -0.3 is 15.6 Å². The van der Waals surface area contributed by atoms with Crippen molar-refractivity contribution in [3.63, 3.8) is 0 Å². The number of nitriles is 1. The van der Waals surface area contributed by atoms with E-state index in [1.165, 1.54) is 10.9 Å². The second kappa shape index (κ2) is 8.28. The number of aromatic amines is 1. The molecule has 0 atom stereocenters. The summed E-state index contributed by atoms with van der Waals surface area (Å²) in [6, 6.07) is 20.6. The zero-order valence-electron chi connectivity index (χ0n) is 15.6. The molecule has 0 aliphatic rings. The Morgan fingerprint density at radius 1 is 1.07 bits per heavy atom. The van der Waals surface area contributed by atoms with Gasteiger partial charge in [0.15, 0.2) is 0 Å². The van der Waals surface area contributed by atoms with E-state index in [1.807, 2.05) is 24.4 Å². The van der Waals surface area contributed by atoms with Gasteiger partial charge in [0.1, 0.15) is 5.69 Å². The minimum atomic E-state index is -0.319. The Balaban J connectivity index is 1.39. The highest BCUT2D eigenvalue weighted by Gasteiger charge is 2.09. The number of carbonyl (C=O) groups is 1. The van der Waals surface area contributed by atoms with Crippen LogP contribution in [0.3, 0.4) is 0 Å². The number of aromatic nitrogens is 2. The summed E-state index contributed by atoms with van der Waals surface area (Å²) in [6.07, 6.45) is 4.50. The molecule has 6 heteroatoms. The Morgan fingerprint density at radius 2 is 1.97 bits per heavy atom. The van der Waals surface area contributed by atoms with Gasteiger partial charge in [-0.1, -0.05) is 24.3 Å². The number of fused-ring (bicyclic) bond motifs is 1. The molecule has 0 unspecified atom stereocenters. The number of nitrogens with zero attached hydrogens (tertiary/aromatic N) is 2. The van der Waals surface area contributed by atoms with Crippen LogP contribution in [-0.2, 0) is 6.42 Å². The molecule has 29 heavy (non-hydrogen) atoms. The van der Waals surface area contributed by atoms with Crippen molar-refractivity contribution in [2.75, 3.05) is 17.2 Å². The summed E-state index contributed by atoms with van der Waals surface area (Å²) in [5.41, 5.74) is 4.57. The van der Waals surface area contributed by atoms with Crippen molar-refractivity contribution in [1.29, 1.82) is 5.26 Å². The number of hydrogen-bond donors (Lipinski definition) is 3. The summed E-state index contributed by atoms with van der Waals surface area (Å²) in [7, 11) is 0. The Hall–Kier alpha value is -4.11. The van der Waals surface area contributed by atoms with Crippen LogP contribution in [0.15, 0.2) is 73.1 Å². The van der Waals surface area contributed by atoms with Crippen LogP contribution in [0.2, 0.25) is 0 Å². The van der Waals surface area contributed by atoms with Gasteiger partial charge >= 0.3 is 0 Å². The second-order valence-corrected chi connectivity index (χ2v) is 6.61. The molecule has 1 amide bonds. The normalized spacial score (nSPS) is 10.4. The summed E-state index contributed by atoms with van der Waals surface area (Å²) in [6.45, 7) is 0.733. The van der Waals surface area contributed by atoms with Gasteiger partial charge in [0.25, 0.3) is 5.91 Å². The molecule has 0 spiro atoms. The first-order valence-electron chi connectivity index (χ1n) is 9.29. The summed E-state index contributed by atoms with van der Waals surface area (Å²) in [4.78, 5) is 19.9. The lowest BCUT2D eigenvalue weighted by molar-refractivity contribution is 0.102. The number of pyridine rings is 1. The molecule has 4 aromatic rings. The number of rotatable bonds is 6. The molecule has 2 aromatic carbocycles. The minimum absolute atomic E-state index is 0.310. The number of para-hydroxylation sites is 1. The Kier molecular flexibility index (Phi) is 5.21. The quantitative estimate of drug-likeness (QED) is 0.463. The maximum atomic E-state index is 12.5. The zero-order valence-corrected chi connectivity index (χ0v) is 15.6. The second-order valence-electron chi connectivity index (χ2n) is 6.61. The fourth-order valence-electron chi connectivity index (χ4n) is 3.21. The summed E-state index contributed by atoms with van der Waals surface area (Å²) >= 11 is 0.